The van der Waals surface area contributed by atoms with Crippen LogP contribution >= 0.6 is 23.2 Å². The molecule has 0 N–H and O–H groups in total. The van der Waals surface area contributed by atoms with E-state index in [1.165, 1.54) is 7.11 Å². The minimum Gasteiger partial charge on any atom is -0.399 e. The van der Waals surface area contributed by atoms with Gasteiger partial charge in [-0.25, -0.2) is 0 Å². The molecule has 2 aromatic rings. The van der Waals surface area contributed by atoms with Gasteiger partial charge in [-0.3, -0.25) is 0 Å². The third-order valence-electron chi connectivity index (χ3n) is 2.77. The van der Waals surface area contributed by atoms with Gasteiger partial charge in [0.1, 0.15) is 7.11 Å². The molecule has 0 bridgehead atoms. The molecule has 0 saturated carbocycles. The fourth-order valence-corrected chi connectivity index (χ4v) is 2.08. The standard InChI is InChI=1S/C15H13Cl2NO/c1-19-18-10-15(11-2-6-13(16)7-3-11)12-4-8-14(17)9-5-12/h2-10,15H,1H3/b18-10+. The lowest BCUT2D eigenvalue weighted by atomic mass is 9.92. The highest BCUT2D eigenvalue weighted by atomic mass is 35.5. The van der Waals surface area contributed by atoms with Crippen LogP contribution in [0.3, 0.4) is 0 Å². The minimum atomic E-state index is 0.00878. The number of hydrogen-bond donors (Lipinski definition) is 0. The number of benzene rings is 2. The molecule has 0 atom stereocenters. The second-order valence-electron chi connectivity index (χ2n) is 4.02. The van der Waals surface area contributed by atoms with E-state index in [1.54, 1.807) is 6.21 Å². The highest BCUT2D eigenvalue weighted by Gasteiger charge is 2.12. The maximum Gasteiger partial charge on any atom is 0.106 e. The van der Waals surface area contributed by atoms with E-state index in [-0.39, 0.29) is 5.92 Å². The Morgan fingerprint density at radius 2 is 1.32 bits per heavy atom. The van der Waals surface area contributed by atoms with Crippen molar-refractivity contribution in [3.8, 4) is 0 Å². The Labute approximate surface area is 122 Å². The highest BCUT2D eigenvalue weighted by molar-refractivity contribution is 6.30. The Hall–Kier alpha value is -1.51. The Morgan fingerprint density at radius 1 is 0.895 bits per heavy atom. The third kappa shape index (κ3) is 3.72. The molecule has 0 amide bonds. The smallest absolute Gasteiger partial charge is 0.106 e. The van der Waals surface area contributed by atoms with Crippen molar-refractivity contribution in [1.29, 1.82) is 0 Å². The van der Waals surface area contributed by atoms with E-state index in [0.29, 0.717) is 10.0 Å². The van der Waals surface area contributed by atoms with Crippen molar-refractivity contribution in [2.75, 3.05) is 7.11 Å². The molecule has 0 fully saturated rings. The summed E-state index contributed by atoms with van der Waals surface area (Å²) < 4.78 is 0. The van der Waals surface area contributed by atoms with E-state index >= 15 is 0 Å². The Kier molecular flexibility index (Phi) is 4.83. The molecule has 0 heterocycles. The molecule has 0 aromatic heterocycles. The van der Waals surface area contributed by atoms with Crippen LogP contribution in [0.25, 0.3) is 0 Å². The summed E-state index contributed by atoms with van der Waals surface area (Å²) in [5.74, 6) is 0.00878. The van der Waals surface area contributed by atoms with Crippen molar-refractivity contribution in [3.05, 3.63) is 69.7 Å². The van der Waals surface area contributed by atoms with E-state index in [4.69, 9.17) is 28.0 Å². The zero-order valence-electron chi connectivity index (χ0n) is 10.4. The van der Waals surface area contributed by atoms with Crippen LogP contribution in [0.5, 0.6) is 0 Å². The maximum atomic E-state index is 5.91. The Balaban J connectivity index is 2.38. The number of oxime groups is 1. The normalized spacial score (nSPS) is 11.2. The largest absolute Gasteiger partial charge is 0.399 e. The number of nitrogens with zero attached hydrogens (tertiary/aromatic N) is 1. The highest BCUT2D eigenvalue weighted by Crippen LogP contribution is 2.25. The van der Waals surface area contributed by atoms with Crippen molar-refractivity contribution in [2.45, 2.75) is 5.92 Å². The summed E-state index contributed by atoms with van der Waals surface area (Å²) in [4.78, 5) is 4.78. The summed E-state index contributed by atoms with van der Waals surface area (Å²) in [6.07, 6.45) is 1.76. The van der Waals surface area contributed by atoms with E-state index in [0.717, 1.165) is 11.1 Å². The summed E-state index contributed by atoms with van der Waals surface area (Å²) in [7, 11) is 1.53. The topological polar surface area (TPSA) is 21.6 Å². The van der Waals surface area contributed by atoms with Gasteiger partial charge in [-0.2, -0.15) is 0 Å². The summed E-state index contributed by atoms with van der Waals surface area (Å²) >= 11 is 11.8. The van der Waals surface area contributed by atoms with Gasteiger partial charge in [0.25, 0.3) is 0 Å². The second-order valence-corrected chi connectivity index (χ2v) is 4.89. The van der Waals surface area contributed by atoms with Gasteiger partial charge in [-0.1, -0.05) is 52.6 Å². The fraction of sp³-hybridized carbons (Fsp3) is 0.133. The summed E-state index contributed by atoms with van der Waals surface area (Å²) in [6, 6.07) is 15.3. The molecule has 0 aliphatic heterocycles. The first-order chi connectivity index (χ1) is 9.20. The Morgan fingerprint density at radius 3 is 1.68 bits per heavy atom. The van der Waals surface area contributed by atoms with E-state index < -0.39 is 0 Å². The second kappa shape index (κ2) is 6.60. The molecule has 0 spiro atoms. The molecule has 98 valence electrons. The fourth-order valence-electron chi connectivity index (χ4n) is 1.83. The van der Waals surface area contributed by atoms with Crippen molar-refractivity contribution in [3.63, 3.8) is 0 Å². The van der Waals surface area contributed by atoms with Crippen LogP contribution in [-0.2, 0) is 4.84 Å². The van der Waals surface area contributed by atoms with Crippen LogP contribution in [-0.4, -0.2) is 13.3 Å². The SMILES string of the molecule is CO/N=C/C(c1ccc(Cl)cc1)c1ccc(Cl)cc1. The molecular weight excluding hydrogens is 281 g/mol. The lowest BCUT2D eigenvalue weighted by molar-refractivity contribution is 0.214. The van der Waals surface area contributed by atoms with Gasteiger partial charge in [-0.15, -0.1) is 0 Å². The van der Waals surface area contributed by atoms with Crippen molar-refractivity contribution in [1.82, 2.24) is 0 Å². The number of hydrogen-bond acceptors (Lipinski definition) is 2. The summed E-state index contributed by atoms with van der Waals surface area (Å²) in [5, 5.41) is 5.30. The van der Waals surface area contributed by atoms with E-state index in [1.807, 2.05) is 48.5 Å². The van der Waals surface area contributed by atoms with Gasteiger partial charge in [0.15, 0.2) is 0 Å². The number of rotatable bonds is 4. The predicted octanol–water partition coefficient (Wildman–Crippen LogP) is 4.76. The van der Waals surface area contributed by atoms with E-state index in [9.17, 15) is 0 Å². The molecule has 2 nitrogen and oxygen atoms in total. The summed E-state index contributed by atoms with van der Waals surface area (Å²) in [6.45, 7) is 0. The van der Waals surface area contributed by atoms with Gasteiger partial charge in [0.05, 0.1) is 6.21 Å². The quantitative estimate of drug-likeness (QED) is 0.588. The van der Waals surface area contributed by atoms with Crippen LogP contribution in [0.1, 0.15) is 17.0 Å². The molecule has 0 aliphatic carbocycles. The van der Waals surface area contributed by atoms with Crippen LogP contribution in [0, 0.1) is 0 Å². The minimum absolute atomic E-state index is 0.00878. The lowest BCUT2D eigenvalue weighted by Gasteiger charge is -2.13. The average Bonchev–Trinajstić information content (AvgIpc) is 2.43. The van der Waals surface area contributed by atoms with Crippen LogP contribution in [0.2, 0.25) is 10.0 Å². The molecule has 0 unspecified atom stereocenters. The zero-order valence-corrected chi connectivity index (χ0v) is 11.9. The molecule has 0 saturated heterocycles. The molecule has 4 heteroatoms. The molecule has 0 aliphatic rings. The van der Waals surface area contributed by atoms with Gasteiger partial charge in [0, 0.05) is 16.0 Å². The maximum absolute atomic E-state index is 5.91. The molecule has 19 heavy (non-hydrogen) atoms. The van der Waals surface area contributed by atoms with Gasteiger partial charge >= 0.3 is 0 Å². The molecular formula is C15H13Cl2NO. The van der Waals surface area contributed by atoms with Crippen molar-refractivity contribution >= 4 is 29.4 Å². The van der Waals surface area contributed by atoms with Gasteiger partial charge in [0.2, 0.25) is 0 Å². The average molecular weight is 294 g/mol. The summed E-state index contributed by atoms with van der Waals surface area (Å²) in [5.41, 5.74) is 2.18. The Bertz CT molecular complexity index is 504. The monoisotopic (exact) mass is 293 g/mol. The first kappa shape index (κ1) is 13.9. The zero-order chi connectivity index (χ0) is 13.7. The van der Waals surface area contributed by atoms with E-state index in [2.05, 4.69) is 5.16 Å². The predicted molar refractivity (Wildman–Crippen MR) is 80.2 cm³/mol. The first-order valence-corrected chi connectivity index (χ1v) is 6.54. The lowest BCUT2D eigenvalue weighted by Crippen LogP contribution is -2.02. The van der Waals surface area contributed by atoms with Gasteiger partial charge < -0.3 is 4.84 Å². The first-order valence-electron chi connectivity index (χ1n) is 5.78. The van der Waals surface area contributed by atoms with Crippen LogP contribution < -0.4 is 0 Å². The number of halogens is 2. The molecule has 0 radical (unpaired) electrons. The van der Waals surface area contributed by atoms with Crippen LogP contribution in [0.4, 0.5) is 0 Å². The van der Waals surface area contributed by atoms with Crippen LogP contribution in [0.15, 0.2) is 53.7 Å². The van der Waals surface area contributed by atoms with Crippen molar-refractivity contribution in [2.24, 2.45) is 5.16 Å². The van der Waals surface area contributed by atoms with Gasteiger partial charge in [-0.05, 0) is 35.4 Å². The third-order valence-corrected chi connectivity index (χ3v) is 3.28. The molecule has 2 rings (SSSR count). The van der Waals surface area contributed by atoms with Crippen molar-refractivity contribution < 1.29 is 4.84 Å². The molecule has 2 aromatic carbocycles.